The minimum atomic E-state index is -0.385. The van der Waals surface area contributed by atoms with Crippen molar-refractivity contribution >= 4 is 50.9 Å². The lowest BCUT2D eigenvalue weighted by molar-refractivity contribution is -0.113. The summed E-state index contributed by atoms with van der Waals surface area (Å²) in [6.07, 6.45) is 5.47. The molecule has 0 fully saturated rings. The molecule has 0 atom stereocenters. The highest BCUT2D eigenvalue weighted by molar-refractivity contribution is 8.00. The van der Waals surface area contributed by atoms with Crippen LogP contribution in [0.25, 0.3) is 10.9 Å². The standard InChI is InChI=1S/C20H19N3O3S2/c1-26-20(25)17-13-7-3-5-9-15(13)28-19(17)23-16(24)10-27-18-12-6-2-4-8-14(12)21-11-22-18/h2,4,6,8,11H,3,5,7,9-10H2,1H3,(H,23,24). The highest BCUT2D eigenvalue weighted by atomic mass is 32.2. The number of thiophene rings is 1. The summed E-state index contributed by atoms with van der Waals surface area (Å²) < 4.78 is 4.95. The largest absolute Gasteiger partial charge is 0.465 e. The van der Waals surface area contributed by atoms with Crippen molar-refractivity contribution in [3.8, 4) is 0 Å². The number of esters is 1. The Morgan fingerprint density at radius 2 is 2.04 bits per heavy atom. The monoisotopic (exact) mass is 413 g/mol. The number of para-hydroxylation sites is 1. The zero-order valence-electron chi connectivity index (χ0n) is 15.4. The lowest BCUT2D eigenvalue weighted by Crippen LogP contribution is -2.16. The smallest absolute Gasteiger partial charge is 0.341 e. The topological polar surface area (TPSA) is 81.2 Å². The van der Waals surface area contributed by atoms with Gasteiger partial charge in [0.15, 0.2) is 0 Å². The number of benzene rings is 1. The second kappa shape index (κ2) is 8.28. The SMILES string of the molecule is COC(=O)c1c(NC(=O)CSc2ncnc3ccccc23)sc2c1CCCC2. The van der Waals surface area contributed by atoms with Gasteiger partial charge in [0.2, 0.25) is 5.91 Å². The predicted octanol–water partition coefficient (Wildman–Crippen LogP) is 4.09. The van der Waals surface area contributed by atoms with E-state index in [9.17, 15) is 9.59 Å². The number of thioether (sulfide) groups is 1. The Bertz CT molecular complexity index is 1040. The quantitative estimate of drug-likeness (QED) is 0.385. The summed E-state index contributed by atoms with van der Waals surface area (Å²) in [5, 5.41) is 5.19. The molecule has 28 heavy (non-hydrogen) atoms. The highest BCUT2D eigenvalue weighted by Gasteiger charge is 2.26. The van der Waals surface area contributed by atoms with Gasteiger partial charge >= 0.3 is 5.97 Å². The van der Waals surface area contributed by atoms with E-state index in [1.54, 1.807) is 0 Å². The fourth-order valence-electron chi connectivity index (χ4n) is 3.36. The van der Waals surface area contributed by atoms with Crippen molar-refractivity contribution in [2.45, 2.75) is 30.7 Å². The fourth-order valence-corrected chi connectivity index (χ4v) is 5.45. The van der Waals surface area contributed by atoms with Crippen molar-refractivity contribution < 1.29 is 14.3 Å². The van der Waals surface area contributed by atoms with E-state index in [0.29, 0.717) is 10.6 Å². The van der Waals surface area contributed by atoms with Gasteiger partial charge in [-0.3, -0.25) is 4.79 Å². The number of aromatic nitrogens is 2. The number of aryl methyl sites for hydroxylation is 1. The molecule has 2 aromatic heterocycles. The van der Waals surface area contributed by atoms with Crippen LogP contribution in [0.3, 0.4) is 0 Å². The predicted molar refractivity (Wildman–Crippen MR) is 111 cm³/mol. The third-order valence-corrected chi connectivity index (χ3v) is 6.87. The number of carbonyl (C=O) groups excluding carboxylic acids is 2. The van der Waals surface area contributed by atoms with Crippen molar-refractivity contribution in [1.29, 1.82) is 0 Å². The first-order valence-electron chi connectivity index (χ1n) is 9.02. The van der Waals surface area contributed by atoms with Gasteiger partial charge in [0, 0.05) is 10.3 Å². The third-order valence-electron chi connectivity index (χ3n) is 4.66. The zero-order valence-corrected chi connectivity index (χ0v) is 17.0. The number of methoxy groups -OCH3 is 1. The van der Waals surface area contributed by atoms with Crippen LogP contribution >= 0.6 is 23.1 Å². The van der Waals surface area contributed by atoms with Crippen molar-refractivity contribution in [2.24, 2.45) is 0 Å². The minimum absolute atomic E-state index is 0.170. The molecule has 0 bridgehead atoms. The van der Waals surface area contributed by atoms with E-state index >= 15 is 0 Å². The van der Waals surface area contributed by atoms with Crippen LogP contribution in [0.4, 0.5) is 5.00 Å². The van der Waals surface area contributed by atoms with Gasteiger partial charge in [-0.25, -0.2) is 14.8 Å². The van der Waals surface area contributed by atoms with Crippen LogP contribution in [-0.4, -0.2) is 34.7 Å². The molecule has 0 saturated carbocycles. The molecule has 1 aliphatic rings. The fraction of sp³-hybridized carbons (Fsp3) is 0.300. The Morgan fingerprint density at radius 3 is 2.89 bits per heavy atom. The van der Waals surface area contributed by atoms with Gasteiger partial charge in [-0.2, -0.15) is 0 Å². The van der Waals surface area contributed by atoms with E-state index in [0.717, 1.165) is 47.2 Å². The van der Waals surface area contributed by atoms with Crippen LogP contribution in [0, 0.1) is 0 Å². The third kappa shape index (κ3) is 3.74. The number of ether oxygens (including phenoxy) is 1. The molecule has 0 spiro atoms. The molecule has 8 heteroatoms. The van der Waals surface area contributed by atoms with Crippen LogP contribution in [0.2, 0.25) is 0 Å². The zero-order chi connectivity index (χ0) is 19.5. The second-order valence-corrected chi connectivity index (χ2v) is 8.51. The maximum Gasteiger partial charge on any atom is 0.341 e. The molecule has 2 heterocycles. The molecule has 1 aliphatic carbocycles. The molecule has 0 unspecified atom stereocenters. The molecule has 0 saturated heterocycles. The van der Waals surface area contributed by atoms with E-state index in [4.69, 9.17) is 4.74 Å². The molecule has 1 N–H and O–H groups in total. The molecule has 1 aromatic carbocycles. The summed E-state index contributed by atoms with van der Waals surface area (Å²) in [4.78, 5) is 34.6. The molecule has 3 aromatic rings. The first-order valence-corrected chi connectivity index (χ1v) is 10.8. The van der Waals surface area contributed by atoms with Gasteiger partial charge in [-0.15, -0.1) is 11.3 Å². The Kier molecular flexibility index (Phi) is 5.59. The lowest BCUT2D eigenvalue weighted by Gasteiger charge is -2.11. The van der Waals surface area contributed by atoms with E-state index in [1.165, 1.54) is 41.4 Å². The molecule has 6 nitrogen and oxygen atoms in total. The number of hydrogen-bond donors (Lipinski definition) is 1. The molecule has 0 aliphatic heterocycles. The first-order chi connectivity index (χ1) is 13.7. The summed E-state index contributed by atoms with van der Waals surface area (Å²) in [7, 11) is 1.37. The van der Waals surface area contributed by atoms with E-state index < -0.39 is 0 Å². The van der Waals surface area contributed by atoms with Crippen molar-refractivity contribution in [3.05, 3.63) is 46.6 Å². The van der Waals surface area contributed by atoms with Crippen molar-refractivity contribution in [1.82, 2.24) is 9.97 Å². The Hall–Kier alpha value is -2.45. The summed E-state index contributed by atoms with van der Waals surface area (Å²) in [6.45, 7) is 0. The number of amides is 1. The molecule has 0 radical (unpaired) electrons. The number of nitrogens with zero attached hydrogens (tertiary/aromatic N) is 2. The van der Waals surface area contributed by atoms with Gasteiger partial charge in [-0.1, -0.05) is 30.0 Å². The van der Waals surface area contributed by atoms with Crippen molar-refractivity contribution in [3.63, 3.8) is 0 Å². The molecule has 4 rings (SSSR count). The number of nitrogens with one attached hydrogen (secondary N) is 1. The van der Waals surface area contributed by atoms with Gasteiger partial charge in [0.1, 0.15) is 16.4 Å². The number of hydrogen-bond acceptors (Lipinski definition) is 7. The lowest BCUT2D eigenvalue weighted by atomic mass is 9.95. The van der Waals surface area contributed by atoms with Crippen LogP contribution in [-0.2, 0) is 22.4 Å². The van der Waals surface area contributed by atoms with Crippen LogP contribution < -0.4 is 5.32 Å². The summed E-state index contributed by atoms with van der Waals surface area (Å²) in [6, 6.07) is 7.70. The normalized spacial score (nSPS) is 13.2. The maximum atomic E-state index is 12.6. The minimum Gasteiger partial charge on any atom is -0.465 e. The highest BCUT2D eigenvalue weighted by Crippen LogP contribution is 2.38. The summed E-state index contributed by atoms with van der Waals surface area (Å²) in [5.41, 5.74) is 2.40. The van der Waals surface area contributed by atoms with Crippen LogP contribution in [0.15, 0.2) is 35.6 Å². The average Bonchev–Trinajstić information content (AvgIpc) is 3.09. The van der Waals surface area contributed by atoms with Gasteiger partial charge in [0.25, 0.3) is 0 Å². The number of anilines is 1. The number of carbonyl (C=O) groups is 2. The summed E-state index contributed by atoms with van der Waals surface area (Å²) in [5.74, 6) is -0.356. The van der Waals surface area contributed by atoms with Gasteiger partial charge < -0.3 is 10.1 Å². The Morgan fingerprint density at radius 1 is 1.21 bits per heavy atom. The van der Waals surface area contributed by atoms with E-state index in [2.05, 4.69) is 15.3 Å². The van der Waals surface area contributed by atoms with E-state index in [1.807, 2.05) is 24.3 Å². The Labute approximate surface area is 170 Å². The molecule has 144 valence electrons. The van der Waals surface area contributed by atoms with E-state index in [-0.39, 0.29) is 17.6 Å². The number of fused-ring (bicyclic) bond motifs is 2. The second-order valence-electron chi connectivity index (χ2n) is 6.44. The Balaban J connectivity index is 1.51. The average molecular weight is 414 g/mol. The maximum absolute atomic E-state index is 12.6. The van der Waals surface area contributed by atoms with Crippen LogP contribution in [0.5, 0.6) is 0 Å². The molecular formula is C20H19N3O3S2. The van der Waals surface area contributed by atoms with Crippen molar-refractivity contribution in [2.75, 3.05) is 18.2 Å². The van der Waals surface area contributed by atoms with Gasteiger partial charge in [-0.05, 0) is 37.3 Å². The molecular weight excluding hydrogens is 394 g/mol. The van der Waals surface area contributed by atoms with Gasteiger partial charge in [0.05, 0.1) is 23.9 Å². The first kappa shape index (κ1) is 18.9. The number of rotatable bonds is 5. The molecule has 1 amide bonds. The van der Waals surface area contributed by atoms with Crippen LogP contribution in [0.1, 0.15) is 33.6 Å². The summed E-state index contributed by atoms with van der Waals surface area (Å²) >= 11 is 2.85.